The number of hydrogen-bond acceptors (Lipinski definition) is 2. The summed E-state index contributed by atoms with van der Waals surface area (Å²) >= 11 is 0. The van der Waals surface area contributed by atoms with Crippen LogP contribution in [0.15, 0.2) is 77.8 Å². The minimum Gasteiger partial charge on any atom is -0.456 e. The van der Waals surface area contributed by atoms with Gasteiger partial charge in [-0.3, -0.25) is 0 Å². The van der Waals surface area contributed by atoms with Gasteiger partial charge in [-0.05, 0) is 29.3 Å². The molecule has 3 rings (SSSR count). The molecule has 2 nitrogen and oxygen atoms in total. The molecule has 1 heterocycles. The van der Waals surface area contributed by atoms with Crippen LogP contribution in [0.3, 0.4) is 0 Å². The van der Waals surface area contributed by atoms with E-state index in [4.69, 9.17) is 10.2 Å². The summed E-state index contributed by atoms with van der Waals surface area (Å²) in [6.07, 6.45) is 7.70. The third kappa shape index (κ3) is 2.54. The summed E-state index contributed by atoms with van der Waals surface area (Å²) in [4.78, 5) is 0. The zero-order valence-electron chi connectivity index (χ0n) is 11.8. The maximum Gasteiger partial charge on any atom is 0.135 e. The summed E-state index contributed by atoms with van der Waals surface area (Å²) in [6, 6.07) is 14.3. The van der Waals surface area contributed by atoms with E-state index in [0.717, 1.165) is 33.1 Å². The maximum absolute atomic E-state index is 5.85. The molecule has 0 aliphatic heterocycles. The molecule has 0 amide bonds. The van der Waals surface area contributed by atoms with Crippen molar-refractivity contribution < 1.29 is 4.42 Å². The second-order valence-electron chi connectivity index (χ2n) is 4.80. The smallest absolute Gasteiger partial charge is 0.135 e. The summed E-state index contributed by atoms with van der Waals surface area (Å²) in [5, 5.41) is 2.26. The quantitative estimate of drug-likeness (QED) is 0.703. The van der Waals surface area contributed by atoms with Gasteiger partial charge in [0, 0.05) is 17.3 Å². The molecule has 0 saturated carbocycles. The highest BCUT2D eigenvalue weighted by Gasteiger charge is 2.07. The van der Waals surface area contributed by atoms with Gasteiger partial charge in [-0.25, -0.2) is 0 Å². The van der Waals surface area contributed by atoms with Crippen molar-refractivity contribution >= 4 is 27.5 Å². The number of allylic oxidation sites excluding steroid dienone is 4. The van der Waals surface area contributed by atoms with E-state index in [1.54, 1.807) is 6.08 Å². The van der Waals surface area contributed by atoms with Crippen molar-refractivity contribution in [2.24, 2.45) is 5.73 Å². The van der Waals surface area contributed by atoms with Gasteiger partial charge in [0.15, 0.2) is 0 Å². The van der Waals surface area contributed by atoms with Gasteiger partial charge in [-0.15, -0.1) is 0 Å². The fourth-order valence-corrected chi connectivity index (χ4v) is 2.49. The van der Waals surface area contributed by atoms with Crippen molar-refractivity contribution in [3.05, 3.63) is 78.9 Å². The molecular formula is C19H17NO. The Hall–Kier alpha value is -2.58. The van der Waals surface area contributed by atoms with Gasteiger partial charge in [-0.1, -0.05) is 55.1 Å². The zero-order chi connectivity index (χ0) is 14.7. The Bertz CT molecular complexity index is 852. The van der Waals surface area contributed by atoms with Crippen LogP contribution in [-0.4, -0.2) is 6.54 Å². The topological polar surface area (TPSA) is 39.2 Å². The lowest BCUT2D eigenvalue weighted by Crippen LogP contribution is -1.95. The van der Waals surface area contributed by atoms with Gasteiger partial charge in [-0.2, -0.15) is 0 Å². The van der Waals surface area contributed by atoms with E-state index in [-0.39, 0.29) is 0 Å². The molecule has 0 fully saturated rings. The standard InChI is InChI=1S/C19H17NO/c1-2-3-6-14(11-12-20)15-9-10-19-17(13-15)16-7-4-5-8-18(16)21-19/h2-11,13H,1,12,20H2/b6-3-,14-11+. The molecule has 0 atom stereocenters. The summed E-state index contributed by atoms with van der Waals surface area (Å²) in [5.74, 6) is 0. The van der Waals surface area contributed by atoms with Crippen LogP contribution in [0.25, 0.3) is 27.5 Å². The van der Waals surface area contributed by atoms with Gasteiger partial charge >= 0.3 is 0 Å². The molecule has 0 saturated heterocycles. The fraction of sp³-hybridized carbons (Fsp3) is 0.0526. The van der Waals surface area contributed by atoms with E-state index in [0.29, 0.717) is 6.54 Å². The third-order valence-electron chi connectivity index (χ3n) is 3.46. The highest BCUT2D eigenvalue weighted by Crippen LogP contribution is 2.31. The number of furan rings is 1. The van der Waals surface area contributed by atoms with E-state index in [1.807, 2.05) is 42.5 Å². The number of hydrogen-bond donors (Lipinski definition) is 1. The minimum atomic E-state index is 0.501. The van der Waals surface area contributed by atoms with Crippen molar-refractivity contribution in [3.63, 3.8) is 0 Å². The predicted molar refractivity (Wildman–Crippen MR) is 90.1 cm³/mol. The van der Waals surface area contributed by atoms with Gasteiger partial charge in [0.2, 0.25) is 0 Å². The van der Waals surface area contributed by atoms with Crippen LogP contribution in [0, 0.1) is 0 Å². The Morgan fingerprint density at radius 3 is 2.71 bits per heavy atom. The molecular weight excluding hydrogens is 258 g/mol. The van der Waals surface area contributed by atoms with Crippen molar-refractivity contribution in [1.82, 2.24) is 0 Å². The Balaban J connectivity index is 2.19. The average molecular weight is 275 g/mol. The Morgan fingerprint density at radius 1 is 1.10 bits per heavy atom. The number of fused-ring (bicyclic) bond motifs is 3. The van der Waals surface area contributed by atoms with Crippen LogP contribution >= 0.6 is 0 Å². The molecule has 2 aromatic carbocycles. The Morgan fingerprint density at radius 2 is 1.90 bits per heavy atom. The highest BCUT2D eigenvalue weighted by atomic mass is 16.3. The first-order valence-electron chi connectivity index (χ1n) is 6.94. The number of para-hydroxylation sites is 1. The van der Waals surface area contributed by atoms with Crippen LogP contribution in [0.5, 0.6) is 0 Å². The Labute approximate surface area is 123 Å². The van der Waals surface area contributed by atoms with E-state index in [1.165, 1.54) is 0 Å². The van der Waals surface area contributed by atoms with Crippen LogP contribution in [-0.2, 0) is 0 Å². The molecule has 0 unspecified atom stereocenters. The SMILES string of the molecule is C=C/C=C\C(=C/CN)c1ccc2oc3ccccc3c2c1. The lowest BCUT2D eigenvalue weighted by atomic mass is 10.0. The van der Waals surface area contributed by atoms with Crippen molar-refractivity contribution in [2.75, 3.05) is 6.54 Å². The molecule has 0 spiro atoms. The lowest BCUT2D eigenvalue weighted by Gasteiger charge is -2.03. The number of rotatable bonds is 4. The molecule has 0 aliphatic carbocycles. The minimum absolute atomic E-state index is 0.501. The summed E-state index contributed by atoms with van der Waals surface area (Å²) in [6.45, 7) is 4.21. The molecule has 104 valence electrons. The first-order valence-corrected chi connectivity index (χ1v) is 6.94. The largest absolute Gasteiger partial charge is 0.456 e. The zero-order valence-corrected chi connectivity index (χ0v) is 11.8. The van der Waals surface area contributed by atoms with Crippen LogP contribution in [0.4, 0.5) is 0 Å². The third-order valence-corrected chi connectivity index (χ3v) is 3.46. The monoisotopic (exact) mass is 275 g/mol. The molecule has 2 heteroatoms. The second kappa shape index (κ2) is 5.81. The van der Waals surface area contributed by atoms with Crippen LogP contribution in [0.2, 0.25) is 0 Å². The first kappa shape index (κ1) is 13.4. The molecule has 0 radical (unpaired) electrons. The summed E-state index contributed by atoms with van der Waals surface area (Å²) in [5.41, 5.74) is 9.69. The Kier molecular flexibility index (Phi) is 3.71. The van der Waals surface area contributed by atoms with Gasteiger partial charge < -0.3 is 10.2 Å². The molecule has 1 aromatic heterocycles. The van der Waals surface area contributed by atoms with Gasteiger partial charge in [0.05, 0.1) is 0 Å². The van der Waals surface area contributed by atoms with Gasteiger partial charge in [0.25, 0.3) is 0 Å². The van der Waals surface area contributed by atoms with E-state index >= 15 is 0 Å². The number of benzene rings is 2. The van der Waals surface area contributed by atoms with Crippen molar-refractivity contribution in [3.8, 4) is 0 Å². The highest BCUT2D eigenvalue weighted by molar-refractivity contribution is 6.06. The second-order valence-corrected chi connectivity index (χ2v) is 4.80. The molecule has 21 heavy (non-hydrogen) atoms. The average Bonchev–Trinajstić information content (AvgIpc) is 2.89. The van der Waals surface area contributed by atoms with Crippen LogP contribution in [0.1, 0.15) is 5.56 Å². The van der Waals surface area contributed by atoms with E-state index < -0.39 is 0 Å². The summed E-state index contributed by atoms with van der Waals surface area (Å²) in [7, 11) is 0. The normalized spacial score (nSPS) is 12.5. The number of nitrogens with two attached hydrogens (primary N) is 1. The van der Waals surface area contributed by atoms with Gasteiger partial charge in [0.1, 0.15) is 11.2 Å². The van der Waals surface area contributed by atoms with Crippen LogP contribution < -0.4 is 5.73 Å². The van der Waals surface area contributed by atoms with Crippen molar-refractivity contribution in [1.29, 1.82) is 0 Å². The maximum atomic E-state index is 5.85. The van der Waals surface area contributed by atoms with Crippen molar-refractivity contribution in [2.45, 2.75) is 0 Å². The first-order chi connectivity index (χ1) is 10.3. The predicted octanol–water partition coefficient (Wildman–Crippen LogP) is 4.67. The summed E-state index contributed by atoms with van der Waals surface area (Å²) < 4.78 is 5.85. The molecule has 3 aromatic rings. The molecule has 0 bridgehead atoms. The van der Waals surface area contributed by atoms with E-state index in [9.17, 15) is 0 Å². The van der Waals surface area contributed by atoms with E-state index in [2.05, 4.69) is 24.8 Å². The lowest BCUT2D eigenvalue weighted by molar-refractivity contribution is 0.669. The molecule has 2 N–H and O–H groups in total. The fourth-order valence-electron chi connectivity index (χ4n) is 2.49. The molecule has 0 aliphatic rings.